The Morgan fingerprint density at radius 2 is 1.43 bits per heavy atom. The first kappa shape index (κ1) is 24.6. The third-order valence-corrected chi connectivity index (χ3v) is 7.36. The molecular weight excluding hydrogens is 476 g/mol. The Morgan fingerprint density at radius 3 is 2.03 bits per heavy atom. The molecule has 35 heavy (non-hydrogen) atoms. The van der Waals surface area contributed by atoms with Gasteiger partial charge in [0.05, 0.1) is 11.3 Å². The van der Waals surface area contributed by atoms with Gasteiger partial charge >= 0.3 is 0 Å². The number of benzene rings is 3. The lowest BCUT2D eigenvalue weighted by molar-refractivity contribution is -0.120. The fourth-order valence-corrected chi connectivity index (χ4v) is 5.43. The highest BCUT2D eigenvalue weighted by Gasteiger charge is 2.22. The largest absolute Gasteiger partial charge is 0.344 e. The first-order valence-electron chi connectivity index (χ1n) is 11.3. The summed E-state index contributed by atoms with van der Waals surface area (Å²) in [5, 5.41) is 14.2. The average Bonchev–Trinajstić information content (AvgIpc) is 3.33. The summed E-state index contributed by atoms with van der Waals surface area (Å²) in [6, 6.07) is 29.4. The van der Waals surface area contributed by atoms with Gasteiger partial charge in [-0.2, -0.15) is 0 Å². The van der Waals surface area contributed by atoms with Crippen LogP contribution in [0.1, 0.15) is 36.1 Å². The molecule has 0 saturated carbocycles. The monoisotopic (exact) mass is 502 g/mol. The van der Waals surface area contributed by atoms with E-state index in [-0.39, 0.29) is 23.1 Å². The Bertz CT molecular complexity index is 1190. The van der Waals surface area contributed by atoms with E-state index in [0.29, 0.717) is 22.3 Å². The van der Waals surface area contributed by atoms with Crippen molar-refractivity contribution in [3.63, 3.8) is 0 Å². The zero-order valence-corrected chi connectivity index (χ0v) is 20.9. The van der Waals surface area contributed by atoms with Gasteiger partial charge in [0.25, 0.3) is 0 Å². The Hall–Kier alpha value is -3.49. The van der Waals surface area contributed by atoms with Crippen LogP contribution in [-0.4, -0.2) is 27.3 Å². The SMILES string of the molecule is C[C@@H](Sc1nnc(NC(=O)CCc2ccccc2)s1)C(=O)NC(c1ccccc1)c1ccccc1. The van der Waals surface area contributed by atoms with Crippen LogP contribution in [-0.2, 0) is 16.0 Å². The maximum Gasteiger partial charge on any atom is 0.234 e. The zero-order valence-electron chi connectivity index (χ0n) is 19.3. The predicted octanol–water partition coefficient (Wildman–Crippen LogP) is 5.50. The smallest absolute Gasteiger partial charge is 0.234 e. The van der Waals surface area contributed by atoms with E-state index in [1.165, 1.54) is 23.1 Å². The first-order valence-corrected chi connectivity index (χ1v) is 13.0. The van der Waals surface area contributed by atoms with Gasteiger partial charge in [0.1, 0.15) is 0 Å². The highest BCUT2D eigenvalue weighted by molar-refractivity contribution is 8.02. The summed E-state index contributed by atoms with van der Waals surface area (Å²) in [7, 11) is 0. The van der Waals surface area contributed by atoms with Crippen LogP contribution in [0.3, 0.4) is 0 Å². The van der Waals surface area contributed by atoms with Crippen molar-refractivity contribution in [2.24, 2.45) is 0 Å². The van der Waals surface area contributed by atoms with E-state index < -0.39 is 0 Å². The van der Waals surface area contributed by atoms with Crippen molar-refractivity contribution in [1.82, 2.24) is 15.5 Å². The maximum absolute atomic E-state index is 13.1. The Balaban J connectivity index is 1.33. The summed E-state index contributed by atoms with van der Waals surface area (Å²) in [6.07, 6.45) is 1.03. The molecule has 4 rings (SSSR count). The molecule has 0 fully saturated rings. The van der Waals surface area contributed by atoms with Crippen LogP contribution in [0, 0.1) is 0 Å². The van der Waals surface area contributed by atoms with Crippen LogP contribution < -0.4 is 10.6 Å². The number of thioether (sulfide) groups is 1. The second-order valence-electron chi connectivity index (χ2n) is 7.93. The van der Waals surface area contributed by atoms with E-state index in [2.05, 4.69) is 20.8 Å². The lowest BCUT2D eigenvalue weighted by Gasteiger charge is -2.21. The summed E-state index contributed by atoms with van der Waals surface area (Å²) in [5.41, 5.74) is 3.14. The number of carbonyl (C=O) groups excluding carboxylic acids is 2. The summed E-state index contributed by atoms with van der Waals surface area (Å²) >= 11 is 2.59. The van der Waals surface area contributed by atoms with Crippen LogP contribution in [0.15, 0.2) is 95.3 Å². The van der Waals surface area contributed by atoms with Crippen LogP contribution in [0.2, 0.25) is 0 Å². The molecule has 1 aromatic heterocycles. The van der Waals surface area contributed by atoms with Gasteiger partial charge in [-0.25, -0.2) is 0 Å². The fourth-order valence-electron chi connectivity index (χ4n) is 3.51. The number of aryl methyl sites for hydroxylation is 1. The normalized spacial score (nSPS) is 11.7. The Morgan fingerprint density at radius 1 is 0.857 bits per heavy atom. The van der Waals surface area contributed by atoms with E-state index in [9.17, 15) is 9.59 Å². The maximum atomic E-state index is 13.1. The molecule has 178 valence electrons. The number of nitrogens with one attached hydrogen (secondary N) is 2. The third-order valence-electron chi connectivity index (χ3n) is 5.34. The first-order chi connectivity index (χ1) is 17.1. The Kier molecular flexibility index (Phi) is 8.64. The van der Waals surface area contributed by atoms with Crippen LogP contribution >= 0.6 is 23.1 Å². The second kappa shape index (κ2) is 12.3. The van der Waals surface area contributed by atoms with Crippen LogP contribution in [0.5, 0.6) is 0 Å². The quantitative estimate of drug-likeness (QED) is 0.221. The van der Waals surface area contributed by atoms with E-state index in [0.717, 1.165) is 16.7 Å². The fraction of sp³-hybridized carbons (Fsp3) is 0.185. The number of anilines is 1. The second-order valence-corrected chi connectivity index (χ2v) is 10.5. The molecule has 6 nitrogen and oxygen atoms in total. The minimum absolute atomic E-state index is 0.101. The van der Waals surface area contributed by atoms with Crippen molar-refractivity contribution in [2.45, 2.75) is 35.4 Å². The molecule has 0 unspecified atom stereocenters. The molecule has 0 aliphatic rings. The number of aromatic nitrogens is 2. The third kappa shape index (κ3) is 7.24. The molecule has 2 N–H and O–H groups in total. The van der Waals surface area contributed by atoms with Crippen molar-refractivity contribution in [1.29, 1.82) is 0 Å². The van der Waals surface area contributed by atoms with E-state index >= 15 is 0 Å². The van der Waals surface area contributed by atoms with Crippen molar-refractivity contribution in [2.75, 3.05) is 5.32 Å². The lowest BCUT2D eigenvalue weighted by atomic mass is 9.98. The highest BCUT2D eigenvalue weighted by atomic mass is 32.2. The van der Waals surface area contributed by atoms with Crippen molar-refractivity contribution >= 4 is 40.0 Å². The molecular formula is C27H26N4O2S2. The van der Waals surface area contributed by atoms with Crippen LogP contribution in [0.25, 0.3) is 0 Å². The zero-order chi connectivity index (χ0) is 24.5. The molecule has 0 aliphatic heterocycles. The summed E-state index contributed by atoms with van der Waals surface area (Å²) < 4.78 is 0.627. The highest BCUT2D eigenvalue weighted by Crippen LogP contribution is 2.30. The van der Waals surface area contributed by atoms with Gasteiger partial charge in [-0.3, -0.25) is 9.59 Å². The van der Waals surface area contributed by atoms with Gasteiger partial charge in [-0.05, 0) is 30.0 Å². The summed E-state index contributed by atoms with van der Waals surface area (Å²) in [4.78, 5) is 25.3. The number of amides is 2. The number of hydrogen-bond acceptors (Lipinski definition) is 6. The number of hydrogen-bond donors (Lipinski definition) is 2. The number of nitrogens with zero attached hydrogens (tertiary/aromatic N) is 2. The average molecular weight is 503 g/mol. The molecule has 2 amide bonds. The standard InChI is InChI=1S/C27H26N4O2S2/c1-19(25(33)29-24(21-13-7-3-8-14-21)22-15-9-4-10-16-22)34-27-31-30-26(35-27)28-23(32)18-17-20-11-5-2-6-12-20/h2-16,19,24H,17-18H2,1H3,(H,29,33)(H,28,30,32)/t19-/m1/s1. The van der Waals surface area contributed by atoms with Gasteiger partial charge < -0.3 is 10.6 Å². The molecule has 0 radical (unpaired) electrons. The minimum atomic E-state index is -0.389. The topological polar surface area (TPSA) is 84.0 Å². The lowest BCUT2D eigenvalue weighted by Crippen LogP contribution is -2.34. The van der Waals surface area contributed by atoms with Crippen molar-refractivity contribution < 1.29 is 9.59 Å². The van der Waals surface area contributed by atoms with E-state index in [1.807, 2.05) is 97.9 Å². The van der Waals surface area contributed by atoms with Crippen molar-refractivity contribution in [3.05, 3.63) is 108 Å². The molecule has 0 spiro atoms. The molecule has 3 aromatic carbocycles. The van der Waals surface area contributed by atoms with E-state index in [4.69, 9.17) is 0 Å². The molecule has 0 saturated heterocycles. The Labute approximate surface area is 213 Å². The van der Waals surface area contributed by atoms with Crippen molar-refractivity contribution in [3.8, 4) is 0 Å². The molecule has 4 aromatic rings. The number of rotatable bonds is 10. The predicted molar refractivity (Wildman–Crippen MR) is 141 cm³/mol. The van der Waals surface area contributed by atoms with Gasteiger partial charge in [0, 0.05) is 6.42 Å². The molecule has 1 heterocycles. The summed E-state index contributed by atoms with van der Waals surface area (Å²) in [6.45, 7) is 1.84. The van der Waals surface area contributed by atoms with Gasteiger partial charge in [0.2, 0.25) is 16.9 Å². The molecule has 8 heteroatoms. The van der Waals surface area contributed by atoms with Gasteiger partial charge in [-0.15, -0.1) is 10.2 Å². The van der Waals surface area contributed by atoms with Crippen LogP contribution in [0.4, 0.5) is 5.13 Å². The van der Waals surface area contributed by atoms with Gasteiger partial charge in [-0.1, -0.05) is 114 Å². The molecule has 1 atom stereocenters. The minimum Gasteiger partial charge on any atom is -0.344 e. The van der Waals surface area contributed by atoms with Gasteiger partial charge in [0.15, 0.2) is 4.34 Å². The van der Waals surface area contributed by atoms with E-state index in [1.54, 1.807) is 0 Å². The molecule has 0 bridgehead atoms. The summed E-state index contributed by atoms with van der Waals surface area (Å²) in [5.74, 6) is -0.211. The number of carbonyl (C=O) groups is 2. The molecule has 0 aliphatic carbocycles.